The molecule has 1 aromatic carbocycles. The molecule has 4 heteroatoms. The molecule has 140 valence electrons. The molecule has 0 amide bonds. The standard InChI is InChI=1S/C21H32O3S/c1-15(2)25(23,24)11-7-5-6-8-20(22)14-18-9-10-19-12-16(3)13-21(19)17(18)4/h9-10,15-16H,5-8,11-14H2,1-4H3. The summed E-state index contributed by atoms with van der Waals surface area (Å²) in [5.74, 6) is 1.21. The van der Waals surface area contributed by atoms with Crippen molar-refractivity contribution in [2.24, 2.45) is 5.92 Å². The lowest BCUT2D eigenvalue weighted by molar-refractivity contribution is -0.118. The minimum atomic E-state index is -2.95. The number of unbranched alkanes of at least 4 members (excludes halogenated alkanes) is 2. The van der Waals surface area contributed by atoms with E-state index in [-0.39, 0.29) is 16.8 Å². The Morgan fingerprint density at radius 2 is 1.88 bits per heavy atom. The molecule has 0 heterocycles. The maximum absolute atomic E-state index is 12.3. The van der Waals surface area contributed by atoms with Crippen LogP contribution in [0, 0.1) is 12.8 Å². The number of hydrogen-bond acceptors (Lipinski definition) is 3. The van der Waals surface area contributed by atoms with Gasteiger partial charge in [0.25, 0.3) is 0 Å². The van der Waals surface area contributed by atoms with Gasteiger partial charge < -0.3 is 0 Å². The van der Waals surface area contributed by atoms with Crippen molar-refractivity contribution in [1.29, 1.82) is 0 Å². The molecule has 2 rings (SSSR count). The Balaban J connectivity index is 1.77. The fourth-order valence-corrected chi connectivity index (χ4v) is 4.74. The monoisotopic (exact) mass is 364 g/mol. The molecule has 0 fully saturated rings. The number of sulfone groups is 1. The second-order valence-electron chi connectivity index (χ2n) is 7.94. The van der Waals surface area contributed by atoms with E-state index in [0.717, 1.165) is 25.7 Å². The zero-order valence-corrected chi connectivity index (χ0v) is 16.9. The first-order valence-electron chi connectivity index (χ1n) is 9.54. The van der Waals surface area contributed by atoms with Crippen LogP contribution in [0.15, 0.2) is 12.1 Å². The zero-order valence-electron chi connectivity index (χ0n) is 16.1. The summed E-state index contributed by atoms with van der Waals surface area (Å²) in [6.07, 6.45) is 5.60. The summed E-state index contributed by atoms with van der Waals surface area (Å²) in [7, 11) is -2.95. The van der Waals surface area contributed by atoms with E-state index in [2.05, 4.69) is 26.0 Å². The highest BCUT2D eigenvalue weighted by molar-refractivity contribution is 7.91. The van der Waals surface area contributed by atoms with E-state index in [4.69, 9.17) is 0 Å². The molecule has 1 aromatic rings. The van der Waals surface area contributed by atoms with E-state index in [9.17, 15) is 13.2 Å². The molecule has 0 spiro atoms. The molecule has 25 heavy (non-hydrogen) atoms. The first kappa shape index (κ1) is 20.2. The minimum absolute atomic E-state index is 0.237. The number of benzene rings is 1. The van der Waals surface area contributed by atoms with Crippen molar-refractivity contribution in [3.05, 3.63) is 34.4 Å². The third-order valence-electron chi connectivity index (χ3n) is 5.42. The van der Waals surface area contributed by atoms with Crippen molar-refractivity contribution in [2.75, 3.05) is 5.75 Å². The van der Waals surface area contributed by atoms with Gasteiger partial charge >= 0.3 is 0 Å². The predicted molar refractivity (Wildman–Crippen MR) is 104 cm³/mol. The van der Waals surface area contributed by atoms with Gasteiger partial charge in [0.15, 0.2) is 9.84 Å². The fourth-order valence-electron chi connectivity index (χ4n) is 3.66. The van der Waals surface area contributed by atoms with Crippen LogP contribution in [0.4, 0.5) is 0 Å². The molecule has 1 aliphatic rings. The first-order chi connectivity index (χ1) is 11.7. The highest BCUT2D eigenvalue weighted by atomic mass is 32.2. The summed E-state index contributed by atoms with van der Waals surface area (Å²) < 4.78 is 23.5. The van der Waals surface area contributed by atoms with Crippen LogP contribution in [-0.2, 0) is 33.9 Å². The molecule has 0 aliphatic heterocycles. The Bertz CT molecular complexity index is 717. The lowest BCUT2D eigenvalue weighted by Crippen LogP contribution is -2.17. The molecule has 1 atom stereocenters. The molecule has 0 saturated heterocycles. The summed E-state index contributed by atoms with van der Waals surface area (Å²) >= 11 is 0. The summed E-state index contributed by atoms with van der Waals surface area (Å²) in [5, 5.41) is -0.306. The number of ketones is 1. The van der Waals surface area contributed by atoms with E-state index >= 15 is 0 Å². The van der Waals surface area contributed by atoms with Crippen LogP contribution in [0.1, 0.15) is 68.7 Å². The SMILES string of the molecule is Cc1c(CC(=O)CCCCCS(=O)(=O)C(C)C)ccc2c1CC(C)C2. The van der Waals surface area contributed by atoms with Crippen LogP contribution in [-0.4, -0.2) is 25.2 Å². The third-order valence-corrected chi connectivity index (χ3v) is 7.71. The number of Topliss-reactive ketones (excluding diaryl/α,β-unsaturated/α-hetero) is 1. The molecule has 0 bridgehead atoms. The van der Waals surface area contributed by atoms with Gasteiger partial charge in [0.1, 0.15) is 5.78 Å². The zero-order chi connectivity index (χ0) is 18.6. The Morgan fingerprint density at radius 1 is 1.16 bits per heavy atom. The summed E-state index contributed by atoms with van der Waals surface area (Å²) in [4.78, 5) is 12.3. The van der Waals surface area contributed by atoms with Gasteiger partial charge in [-0.1, -0.05) is 25.5 Å². The Labute approximate surface area is 153 Å². The summed E-state index contributed by atoms with van der Waals surface area (Å²) in [5.41, 5.74) is 5.38. The van der Waals surface area contributed by atoms with Crippen molar-refractivity contribution in [3.63, 3.8) is 0 Å². The molecule has 0 radical (unpaired) electrons. The average molecular weight is 365 g/mol. The molecular formula is C21H32O3S. The summed E-state index contributed by atoms with van der Waals surface area (Å²) in [6.45, 7) is 7.87. The second-order valence-corrected chi connectivity index (χ2v) is 10.6. The molecule has 1 aliphatic carbocycles. The lowest BCUT2D eigenvalue weighted by atomic mass is 9.94. The van der Waals surface area contributed by atoms with Crippen LogP contribution < -0.4 is 0 Å². The average Bonchev–Trinajstić information content (AvgIpc) is 2.91. The van der Waals surface area contributed by atoms with Gasteiger partial charge in [0, 0.05) is 12.8 Å². The number of carbonyl (C=O) groups is 1. The Morgan fingerprint density at radius 3 is 2.56 bits per heavy atom. The highest BCUT2D eigenvalue weighted by Crippen LogP contribution is 2.31. The summed E-state index contributed by atoms with van der Waals surface area (Å²) in [6, 6.07) is 4.32. The topological polar surface area (TPSA) is 51.2 Å². The maximum Gasteiger partial charge on any atom is 0.152 e. The van der Waals surface area contributed by atoms with Gasteiger partial charge in [-0.2, -0.15) is 0 Å². The number of fused-ring (bicyclic) bond motifs is 1. The van der Waals surface area contributed by atoms with Crippen molar-refractivity contribution < 1.29 is 13.2 Å². The Kier molecular flexibility index (Phi) is 6.84. The van der Waals surface area contributed by atoms with Gasteiger partial charge in [0.05, 0.1) is 11.0 Å². The van der Waals surface area contributed by atoms with Crippen LogP contribution >= 0.6 is 0 Å². The minimum Gasteiger partial charge on any atom is -0.299 e. The number of hydrogen-bond donors (Lipinski definition) is 0. The van der Waals surface area contributed by atoms with Crippen LogP contribution in [0.2, 0.25) is 0 Å². The van der Waals surface area contributed by atoms with E-state index < -0.39 is 9.84 Å². The second kappa shape index (κ2) is 8.48. The Hall–Kier alpha value is -1.16. The first-order valence-corrected chi connectivity index (χ1v) is 11.3. The molecule has 1 unspecified atom stereocenters. The van der Waals surface area contributed by atoms with E-state index in [0.29, 0.717) is 25.2 Å². The maximum atomic E-state index is 12.3. The van der Waals surface area contributed by atoms with E-state index in [1.54, 1.807) is 13.8 Å². The van der Waals surface area contributed by atoms with Crippen molar-refractivity contribution in [2.45, 2.75) is 77.9 Å². The smallest absolute Gasteiger partial charge is 0.152 e. The van der Waals surface area contributed by atoms with Crippen LogP contribution in [0.3, 0.4) is 0 Å². The number of rotatable bonds is 9. The normalized spacial score (nSPS) is 17.1. The van der Waals surface area contributed by atoms with E-state index in [1.807, 2.05) is 0 Å². The fraction of sp³-hybridized carbons (Fsp3) is 0.667. The van der Waals surface area contributed by atoms with Gasteiger partial charge in [-0.05, 0) is 74.6 Å². The van der Waals surface area contributed by atoms with Crippen molar-refractivity contribution >= 4 is 15.6 Å². The van der Waals surface area contributed by atoms with Gasteiger partial charge in [-0.25, -0.2) is 8.42 Å². The molecule has 0 N–H and O–H groups in total. The van der Waals surface area contributed by atoms with Gasteiger partial charge in [-0.15, -0.1) is 0 Å². The molecule has 0 saturated carbocycles. The van der Waals surface area contributed by atoms with Gasteiger partial charge in [-0.3, -0.25) is 4.79 Å². The van der Waals surface area contributed by atoms with Crippen molar-refractivity contribution in [3.8, 4) is 0 Å². The molecule has 0 aromatic heterocycles. The molecule has 3 nitrogen and oxygen atoms in total. The van der Waals surface area contributed by atoms with Crippen LogP contribution in [0.25, 0.3) is 0 Å². The molecular weight excluding hydrogens is 332 g/mol. The van der Waals surface area contributed by atoms with Crippen LogP contribution in [0.5, 0.6) is 0 Å². The van der Waals surface area contributed by atoms with Crippen molar-refractivity contribution in [1.82, 2.24) is 0 Å². The predicted octanol–water partition coefficient (Wildman–Crippen LogP) is 4.22. The van der Waals surface area contributed by atoms with Gasteiger partial charge in [0.2, 0.25) is 0 Å². The largest absolute Gasteiger partial charge is 0.299 e. The third kappa shape index (κ3) is 5.40. The van der Waals surface area contributed by atoms with E-state index in [1.165, 1.54) is 22.3 Å². The number of carbonyl (C=O) groups excluding carboxylic acids is 1. The quantitative estimate of drug-likeness (QED) is 0.616. The lowest BCUT2D eigenvalue weighted by Gasteiger charge is -2.11. The highest BCUT2D eigenvalue weighted by Gasteiger charge is 2.21.